The lowest BCUT2D eigenvalue weighted by atomic mass is 9.82. The minimum atomic E-state index is -0.807. The highest BCUT2D eigenvalue weighted by atomic mass is 16.3. The minimum Gasteiger partial charge on any atom is -0.384 e. The highest BCUT2D eigenvalue weighted by molar-refractivity contribution is 5.21. The molecule has 0 aromatic heterocycles. The van der Waals surface area contributed by atoms with Crippen molar-refractivity contribution in [2.24, 2.45) is 11.3 Å². The predicted octanol–water partition coefficient (Wildman–Crippen LogP) is 3.17. The Morgan fingerprint density at radius 2 is 1.67 bits per heavy atom. The summed E-state index contributed by atoms with van der Waals surface area (Å²) in [6.45, 7) is 12.3. The highest BCUT2D eigenvalue weighted by Gasteiger charge is 2.24. The first-order chi connectivity index (χ1) is 8.23. The zero-order valence-corrected chi connectivity index (χ0v) is 12.3. The van der Waals surface area contributed by atoms with Crippen LogP contribution in [0.15, 0.2) is 30.3 Å². The molecule has 0 saturated carbocycles. The van der Waals surface area contributed by atoms with Crippen LogP contribution < -0.4 is 5.32 Å². The minimum absolute atomic E-state index is 0.297. The van der Waals surface area contributed by atoms with E-state index in [1.807, 2.05) is 37.3 Å². The summed E-state index contributed by atoms with van der Waals surface area (Å²) in [4.78, 5) is 0. The zero-order chi connectivity index (χ0) is 13.8. The van der Waals surface area contributed by atoms with Crippen LogP contribution in [0, 0.1) is 11.3 Å². The fourth-order valence-electron chi connectivity index (χ4n) is 1.74. The summed E-state index contributed by atoms with van der Waals surface area (Å²) in [5.41, 5.74) is 0.450. The molecule has 0 radical (unpaired) electrons. The van der Waals surface area contributed by atoms with Crippen molar-refractivity contribution in [2.45, 2.75) is 40.2 Å². The average molecular weight is 249 g/mol. The Balaban J connectivity index is 2.49. The summed E-state index contributed by atoms with van der Waals surface area (Å²) in [5, 5.41) is 13.8. The van der Waals surface area contributed by atoms with Crippen LogP contribution in [0.1, 0.15) is 40.2 Å². The van der Waals surface area contributed by atoms with Crippen molar-refractivity contribution in [3.8, 4) is 0 Å². The molecule has 0 aliphatic carbocycles. The summed E-state index contributed by atoms with van der Waals surface area (Å²) >= 11 is 0. The van der Waals surface area contributed by atoms with Crippen LogP contribution in [0.25, 0.3) is 0 Å². The van der Waals surface area contributed by atoms with E-state index in [2.05, 4.69) is 33.0 Å². The molecule has 2 heteroatoms. The number of hydrogen-bond acceptors (Lipinski definition) is 2. The van der Waals surface area contributed by atoms with Gasteiger partial charge in [0.15, 0.2) is 0 Å². The monoisotopic (exact) mass is 249 g/mol. The van der Waals surface area contributed by atoms with Gasteiger partial charge in [-0.25, -0.2) is 0 Å². The van der Waals surface area contributed by atoms with E-state index >= 15 is 0 Å². The predicted molar refractivity (Wildman–Crippen MR) is 77.5 cm³/mol. The van der Waals surface area contributed by atoms with Crippen molar-refractivity contribution in [1.29, 1.82) is 0 Å². The van der Waals surface area contributed by atoms with Gasteiger partial charge in [0.05, 0.1) is 5.60 Å². The second kappa shape index (κ2) is 5.85. The van der Waals surface area contributed by atoms with Crippen molar-refractivity contribution in [2.75, 3.05) is 13.1 Å². The van der Waals surface area contributed by atoms with Crippen molar-refractivity contribution < 1.29 is 5.11 Å². The first-order valence-corrected chi connectivity index (χ1v) is 6.72. The topological polar surface area (TPSA) is 32.3 Å². The van der Waals surface area contributed by atoms with Crippen LogP contribution in [0.4, 0.5) is 0 Å². The Kier molecular flexibility index (Phi) is 4.94. The first kappa shape index (κ1) is 15.2. The van der Waals surface area contributed by atoms with E-state index < -0.39 is 5.60 Å². The lowest BCUT2D eigenvalue weighted by molar-refractivity contribution is 0.0544. The molecule has 2 N–H and O–H groups in total. The van der Waals surface area contributed by atoms with Gasteiger partial charge in [-0.2, -0.15) is 0 Å². The molecule has 0 spiro atoms. The van der Waals surface area contributed by atoms with E-state index in [1.165, 1.54) is 0 Å². The Hall–Kier alpha value is -0.860. The quantitative estimate of drug-likeness (QED) is 0.840. The Morgan fingerprint density at radius 3 is 2.17 bits per heavy atom. The molecule has 2 unspecified atom stereocenters. The third-order valence-electron chi connectivity index (χ3n) is 3.79. The van der Waals surface area contributed by atoms with Gasteiger partial charge in [-0.1, -0.05) is 58.0 Å². The highest BCUT2D eigenvalue weighted by Crippen LogP contribution is 2.25. The van der Waals surface area contributed by atoms with Crippen LogP contribution in [0.5, 0.6) is 0 Å². The molecule has 0 amide bonds. The third kappa shape index (κ3) is 4.43. The molecule has 1 rings (SSSR count). The fourth-order valence-corrected chi connectivity index (χ4v) is 1.74. The van der Waals surface area contributed by atoms with Gasteiger partial charge in [-0.15, -0.1) is 0 Å². The SMILES string of the molecule is CC(CNCC(C)(O)c1ccccc1)C(C)(C)C. The van der Waals surface area contributed by atoms with Gasteiger partial charge >= 0.3 is 0 Å². The van der Waals surface area contributed by atoms with Gasteiger partial charge < -0.3 is 10.4 Å². The molecule has 0 heterocycles. The third-order valence-corrected chi connectivity index (χ3v) is 3.79. The maximum Gasteiger partial charge on any atom is 0.0992 e. The summed E-state index contributed by atoms with van der Waals surface area (Å²) in [6, 6.07) is 9.82. The molecule has 0 aliphatic heterocycles. The van der Waals surface area contributed by atoms with Gasteiger partial charge in [-0.05, 0) is 30.4 Å². The van der Waals surface area contributed by atoms with E-state index in [1.54, 1.807) is 0 Å². The van der Waals surface area contributed by atoms with Crippen LogP contribution >= 0.6 is 0 Å². The second-order valence-corrected chi connectivity index (χ2v) is 6.54. The van der Waals surface area contributed by atoms with Crippen LogP contribution in [-0.4, -0.2) is 18.2 Å². The first-order valence-electron chi connectivity index (χ1n) is 6.72. The number of aliphatic hydroxyl groups is 1. The van der Waals surface area contributed by atoms with E-state index in [9.17, 15) is 5.11 Å². The van der Waals surface area contributed by atoms with Gasteiger partial charge in [0.2, 0.25) is 0 Å². The van der Waals surface area contributed by atoms with Gasteiger partial charge in [-0.3, -0.25) is 0 Å². The fraction of sp³-hybridized carbons (Fsp3) is 0.625. The largest absolute Gasteiger partial charge is 0.384 e. The van der Waals surface area contributed by atoms with Crippen LogP contribution in [0.3, 0.4) is 0 Å². The van der Waals surface area contributed by atoms with Crippen LogP contribution in [-0.2, 0) is 5.60 Å². The molecule has 18 heavy (non-hydrogen) atoms. The lowest BCUT2D eigenvalue weighted by Gasteiger charge is -2.30. The lowest BCUT2D eigenvalue weighted by Crippen LogP contribution is -2.39. The summed E-state index contributed by atoms with van der Waals surface area (Å²) < 4.78 is 0. The van der Waals surface area contributed by atoms with Crippen molar-refractivity contribution in [3.63, 3.8) is 0 Å². The molecule has 0 fully saturated rings. The zero-order valence-electron chi connectivity index (χ0n) is 12.3. The maximum atomic E-state index is 10.4. The molecule has 1 aromatic carbocycles. The Morgan fingerprint density at radius 1 is 1.11 bits per heavy atom. The molecule has 0 aliphatic rings. The van der Waals surface area contributed by atoms with Crippen molar-refractivity contribution in [3.05, 3.63) is 35.9 Å². The van der Waals surface area contributed by atoms with Gasteiger partial charge in [0.1, 0.15) is 0 Å². The van der Waals surface area contributed by atoms with Gasteiger partial charge in [0.25, 0.3) is 0 Å². The molecule has 102 valence electrons. The number of hydrogen-bond donors (Lipinski definition) is 2. The summed E-state index contributed by atoms with van der Waals surface area (Å²) in [7, 11) is 0. The molecule has 1 aromatic rings. The average Bonchev–Trinajstić information content (AvgIpc) is 2.28. The summed E-state index contributed by atoms with van der Waals surface area (Å²) in [6.07, 6.45) is 0. The van der Waals surface area contributed by atoms with Crippen molar-refractivity contribution in [1.82, 2.24) is 5.32 Å². The molecule has 2 nitrogen and oxygen atoms in total. The molecular weight excluding hydrogens is 222 g/mol. The van der Waals surface area contributed by atoms with E-state index in [0.29, 0.717) is 17.9 Å². The maximum absolute atomic E-state index is 10.4. The smallest absolute Gasteiger partial charge is 0.0992 e. The number of rotatable bonds is 5. The molecule has 0 bridgehead atoms. The molecule has 2 atom stereocenters. The van der Waals surface area contributed by atoms with E-state index in [-0.39, 0.29) is 0 Å². The Labute approximate surface area is 111 Å². The standard InChI is InChI=1S/C16H27NO/c1-13(15(2,3)4)11-17-12-16(5,18)14-9-7-6-8-10-14/h6-10,13,17-18H,11-12H2,1-5H3. The normalized spacial score (nSPS) is 17.2. The van der Waals surface area contributed by atoms with E-state index in [4.69, 9.17) is 0 Å². The molecule has 0 saturated heterocycles. The number of nitrogens with one attached hydrogen (secondary N) is 1. The second-order valence-electron chi connectivity index (χ2n) is 6.54. The Bertz CT molecular complexity index is 351. The summed E-state index contributed by atoms with van der Waals surface area (Å²) in [5.74, 6) is 0.573. The molecular formula is C16H27NO. The van der Waals surface area contributed by atoms with Crippen molar-refractivity contribution >= 4 is 0 Å². The van der Waals surface area contributed by atoms with E-state index in [0.717, 1.165) is 12.1 Å². The van der Waals surface area contributed by atoms with Gasteiger partial charge in [0, 0.05) is 6.54 Å². The number of benzene rings is 1. The van der Waals surface area contributed by atoms with Crippen LogP contribution in [0.2, 0.25) is 0 Å².